The van der Waals surface area contributed by atoms with Crippen molar-refractivity contribution in [3.63, 3.8) is 0 Å². The van der Waals surface area contributed by atoms with Crippen LogP contribution in [0.5, 0.6) is 0 Å². The van der Waals surface area contributed by atoms with Crippen molar-refractivity contribution in [1.29, 1.82) is 0 Å². The zero-order chi connectivity index (χ0) is 14.3. The molecule has 5 heteroatoms. The van der Waals surface area contributed by atoms with Gasteiger partial charge in [0, 0.05) is 6.04 Å². The van der Waals surface area contributed by atoms with E-state index >= 15 is 0 Å². The molecule has 19 heavy (non-hydrogen) atoms. The van der Waals surface area contributed by atoms with Gasteiger partial charge >= 0.3 is 5.97 Å². The van der Waals surface area contributed by atoms with Gasteiger partial charge in [-0.15, -0.1) is 0 Å². The van der Waals surface area contributed by atoms with Crippen LogP contribution in [0.1, 0.15) is 18.9 Å². The number of amides is 1. The average Bonchev–Trinajstić information content (AvgIpc) is 2.39. The molecule has 0 aliphatic carbocycles. The first-order valence-corrected chi connectivity index (χ1v) is 6.19. The molecule has 0 fully saturated rings. The number of nitrogens with two attached hydrogens (primary N) is 1. The van der Waals surface area contributed by atoms with E-state index in [1.165, 1.54) is 7.11 Å². The lowest BCUT2D eigenvalue weighted by Crippen LogP contribution is -2.46. The Hall–Kier alpha value is -1.88. The third-order valence-corrected chi connectivity index (χ3v) is 2.72. The molecule has 1 amide bonds. The summed E-state index contributed by atoms with van der Waals surface area (Å²) in [5.41, 5.74) is 6.84. The fraction of sp³-hybridized carbons (Fsp3) is 0.429. The third-order valence-electron chi connectivity index (χ3n) is 2.72. The molecule has 0 saturated heterocycles. The summed E-state index contributed by atoms with van der Waals surface area (Å²) >= 11 is 0. The number of hydrogen-bond acceptors (Lipinski definition) is 4. The molecule has 3 N–H and O–H groups in total. The van der Waals surface area contributed by atoms with E-state index < -0.39 is 6.04 Å². The third kappa shape index (κ3) is 5.52. The lowest BCUT2D eigenvalue weighted by molar-refractivity contribution is -0.141. The second-order valence-electron chi connectivity index (χ2n) is 4.49. The number of carbonyl (C=O) groups excluding carboxylic acids is 2. The number of esters is 1. The number of ether oxygens (including phenoxy) is 1. The van der Waals surface area contributed by atoms with Gasteiger partial charge in [-0.3, -0.25) is 9.59 Å². The van der Waals surface area contributed by atoms with Gasteiger partial charge in [0.25, 0.3) is 0 Å². The Morgan fingerprint density at radius 2 is 1.95 bits per heavy atom. The summed E-state index contributed by atoms with van der Waals surface area (Å²) < 4.78 is 4.54. The van der Waals surface area contributed by atoms with Crippen molar-refractivity contribution in [2.24, 2.45) is 5.73 Å². The van der Waals surface area contributed by atoms with E-state index in [0.29, 0.717) is 6.42 Å². The van der Waals surface area contributed by atoms with Crippen LogP contribution in [0, 0.1) is 0 Å². The van der Waals surface area contributed by atoms with E-state index in [-0.39, 0.29) is 24.3 Å². The molecule has 0 spiro atoms. The van der Waals surface area contributed by atoms with E-state index in [1.54, 1.807) is 6.92 Å². The molecule has 1 aromatic rings. The highest BCUT2D eigenvalue weighted by atomic mass is 16.5. The number of nitrogens with one attached hydrogen (secondary N) is 1. The summed E-state index contributed by atoms with van der Waals surface area (Å²) in [6.07, 6.45) is 0.609. The first-order chi connectivity index (χ1) is 9.02. The van der Waals surface area contributed by atoms with Gasteiger partial charge in [-0.25, -0.2) is 0 Å². The van der Waals surface area contributed by atoms with Crippen molar-refractivity contribution < 1.29 is 14.3 Å². The normalized spacial score (nSPS) is 13.4. The molecular weight excluding hydrogens is 244 g/mol. The Morgan fingerprint density at radius 1 is 1.32 bits per heavy atom. The zero-order valence-corrected chi connectivity index (χ0v) is 11.3. The second-order valence-corrected chi connectivity index (χ2v) is 4.49. The van der Waals surface area contributed by atoms with Crippen molar-refractivity contribution in [3.05, 3.63) is 35.9 Å². The number of rotatable bonds is 6. The summed E-state index contributed by atoms with van der Waals surface area (Å²) in [6.45, 7) is 1.74. The van der Waals surface area contributed by atoms with E-state index in [9.17, 15) is 9.59 Å². The van der Waals surface area contributed by atoms with Crippen LogP contribution in [0.2, 0.25) is 0 Å². The fourth-order valence-corrected chi connectivity index (χ4v) is 1.69. The molecule has 0 saturated carbocycles. The highest BCUT2D eigenvalue weighted by Gasteiger charge is 2.17. The van der Waals surface area contributed by atoms with Gasteiger partial charge in [0.05, 0.1) is 19.6 Å². The van der Waals surface area contributed by atoms with Gasteiger partial charge in [0.2, 0.25) is 5.91 Å². The Labute approximate surface area is 113 Å². The van der Waals surface area contributed by atoms with Crippen LogP contribution in [-0.2, 0) is 20.7 Å². The van der Waals surface area contributed by atoms with Crippen LogP contribution in [0.3, 0.4) is 0 Å². The van der Waals surface area contributed by atoms with Gasteiger partial charge < -0.3 is 15.8 Å². The van der Waals surface area contributed by atoms with Gasteiger partial charge in [0.15, 0.2) is 0 Å². The van der Waals surface area contributed by atoms with Crippen LogP contribution in [-0.4, -0.2) is 31.1 Å². The number of carbonyl (C=O) groups is 2. The summed E-state index contributed by atoms with van der Waals surface area (Å²) in [5.74, 6) is -0.621. The van der Waals surface area contributed by atoms with Crippen LogP contribution in [0.4, 0.5) is 0 Å². The lowest BCUT2D eigenvalue weighted by atomic mass is 10.1. The SMILES string of the molecule is COC(=O)CC(C)NC(=O)[C@@H](N)Cc1ccccc1. The zero-order valence-electron chi connectivity index (χ0n) is 11.3. The largest absolute Gasteiger partial charge is 0.469 e. The molecule has 0 aliphatic rings. The van der Waals surface area contributed by atoms with E-state index in [4.69, 9.17) is 5.73 Å². The molecule has 0 bridgehead atoms. The monoisotopic (exact) mass is 264 g/mol. The molecule has 1 aromatic carbocycles. The smallest absolute Gasteiger partial charge is 0.307 e. The molecule has 0 aromatic heterocycles. The molecule has 2 atom stereocenters. The molecule has 5 nitrogen and oxygen atoms in total. The van der Waals surface area contributed by atoms with Gasteiger partial charge in [0.1, 0.15) is 0 Å². The molecule has 0 radical (unpaired) electrons. The number of benzene rings is 1. The fourth-order valence-electron chi connectivity index (χ4n) is 1.69. The number of hydrogen-bond donors (Lipinski definition) is 2. The molecule has 0 aliphatic heterocycles. The van der Waals surface area contributed by atoms with E-state index in [1.807, 2.05) is 30.3 Å². The summed E-state index contributed by atoms with van der Waals surface area (Å²) in [6, 6.07) is 8.65. The summed E-state index contributed by atoms with van der Waals surface area (Å²) in [7, 11) is 1.32. The minimum absolute atomic E-state index is 0.139. The average molecular weight is 264 g/mol. The lowest BCUT2D eigenvalue weighted by Gasteiger charge is -2.16. The van der Waals surface area contributed by atoms with Crippen molar-refractivity contribution in [3.8, 4) is 0 Å². The predicted molar refractivity (Wildman–Crippen MR) is 72.4 cm³/mol. The minimum atomic E-state index is -0.623. The van der Waals surface area contributed by atoms with Crippen molar-refractivity contribution in [1.82, 2.24) is 5.32 Å². The van der Waals surface area contributed by atoms with Crippen LogP contribution < -0.4 is 11.1 Å². The van der Waals surface area contributed by atoms with Crippen LogP contribution >= 0.6 is 0 Å². The van der Waals surface area contributed by atoms with Crippen LogP contribution in [0.15, 0.2) is 30.3 Å². The molecule has 104 valence electrons. The van der Waals surface area contributed by atoms with Gasteiger partial charge in [-0.05, 0) is 18.9 Å². The highest BCUT2D eigenvalue weighted by molar-refractivity contribution is 5.82. The Kier molecular flexibility index (Phi) is 6.02. The first-order valence-electron chi connectivity index (χ1n) is 6.19. The molecule has 0 heterocycles. The van der Waals surface area contributed by atoms with Crippen LogP contribution in [0.25, 0.3) is 0 Å². The maximum Gasteiger partial charge on any atom is 0.307 e. The second kappa shape index (κ2) is 7.53. The van der Waals surface area contributed by atoms with Gasteiger partial charge in [-0.1, -0.05) is 30.3 Å². The Bertz CT molecular complexity index is 420. The minimum Gasteiger partial charge on any atom is -0.469 e. The van der Waals surface area contributed by atoms with Crippen molar-refractivity contribution in [2.45, 2.75) is 31.8 Å². The van der Waals surface area contributed by atoms with Crippen molar-refractivity contribution in [2.75, 3.05) is 7.11 Å². The Morgan fingerprint density at radius 3 is 2.53 bits per heavy atom. The maximum absolute atomic E-state index is 11.8. The van der Waals surface area contributed by atoms with E-state index in [0.717, 1.165) is 5.56 Å². The topological polar surface area (TPSA) is 81.4 Å². The standard InChI is InChI=1S/C14H20N2O3/c1-10(8-13(17)19-2)16-14(18)12(15)9-11-6-4-3-5-7-11/h3-7,10,12H,8-9,15H2,1-2H3,(H,16,18)/t10?,12-/m0/s1. The van der Waals surface area contributed by atoms with Crippen molar-refractivity contribution >= 4 is 11.9 Å². The number of methoxy groups -OCH3 is 1. The Balaban J connectivity index is 2.42. The van der Waals surface area contributed by atoms with Gasteiger partial charge in [-0.2, -0.15) is 0 Å². The van der Waals surface area contributed by atoms with E-state index in [2.05, 4.69) is 10.1 Å². The molecule has 1 unspecified atom stereocenters. The maximum atomic E-state index is 11.8. The summed E-state index contributed by atoms with van der Waals surface area (Å²) in [5, 5.41) is 2.70. The molecular formula is C14H20N2O3. The first kappa shape index (κ1) is 15.2. The quantitative estimate of drug-likeness (QED) is 0.738. The predicted octanol–water partition coefficient (Wildman–Crippen LogP) is 0.624. The molecule has 1 rings (SSSR count). The highest BCUT2D eigenvalue weighted by Crippen LogP contribution is 2.02. The summed E-state index contributed by atoms with van der Waals surface area (Å²) in [4.78, 5) is 22.9.